The molecule has 3 amide bonds. The van der Waals surface area contributed by atoms with E-state index in [0.717, 1.165) is 4.47 Å². The van der Waals surface area contributed by atoms with E-state index in [-0.39, 0.29) is 11.5 Å². The van der Waals surface area contributed by atoms with E-state index >= 15 is 0 Å². The molecule has 3 aromatic carbocycles. The molecule has 1 fully saturated rings. The summed E-state index contributed by atoms with van der Waals surface area (Å²) in [5, 5.41) is 4.10. The average molecular weight is 597 g/mol. The number of methoxy groups -OCH3 is 1. The highest BCUT2D eigenvalue weighted by molar-refractivity contribution is 9.10. The SMILES string of the molecule is CCOc1ccc(NC(=O)CC2C(=O)N(c3ccc(OC)cc3)C(=S)N2NC(=O)c2ccc(Br)cc2)cc1. The number of carbonyl (C=O) groups excluding carboxylic acids is 3. The lowest BCUT2D eigenvalue weighted by Crippen LogP contribution is -2.49. The Morgan fingerprint density at radius 3 is 2.21 bits per heavy atom. The molecule has 0 spiro atoms. The fourth-order valence-electron chi connectivity index (χ4n) is 3.83. The van der Waals surface area contributed by atoms with Crippen LogP contribution in [0.1, 0.15) is 23.7 Å². The fourth-order valence-corrected chi connectivity index (χ4v) is 4.46. The van der Waals surface area contributed by atoms with Crippen LogP contribution in [0.25, 0.3) is 0 Å². The highest BCUT2D eigenvalue weighted by atomic mass is 79.9. The Morgan fingerprint density at radius 2 is 1.61 bits per heavy atom. The first-order valence-electron chi connectivity index (χ1n) is 11.7. The van der Waals surface area contributed by atoms with E-state index in [1.54, 1.807) is 79.9 Å². The first kappa shape index (κ1) is 27.1. The predicted octanol–water partition coefficient (Wildman–Crippen LogP) is 4.53. The van der Waals surface area contributed by atoms with E-state index < -0.39 is 23.8 Å². The maximum atomic E-state index is 13.6. The molecule has 0 bridgehead atoms. The Balaban J connectivity index is 1.56. The van der Waals surface area contributed by atoms with Gasteiger partial charge in [0, 0.05) is 15.7 Å². The molecular formula is C27H25BrN4O5S. The summed E-state index contributed by atoms with van der Waals surface area (Å²) in [5.74, 6) is -0.0502. The molecule has 0 radical (unpaired) electrons. The standard InChI is InChI=1S/C27H25BrN4O5S/c1-3-37-22-12-8-19(9-13-22)29-24(33)16-23-26(35)31(20-10-14-21(36-2)15-11-20)27(38)32(23)30-25(34)17-4-6-18(28)7-5-17/h4-15,23H,3,16H2,1-2H3,(H,29,33)(H,30,34). The van der Waals surface area contributed by atoms with Gasteiger partial charge in [-0.05, 0) is 91.9 Å². The monoisotopic (exact) mass is 596 g/mol. The summed E-state index contributed by atoms with van der Waals surface area (Å²) in [7, 11) is 1.54. The molecule has 0 aliphatic carbocycles. The average Bonchev–Trinajstić information content (AvgIpc) is 3.14. The summed E-state index contributed by atoms with van der Waals surface area (Å²) in [4.78, 5) is 40.8. The lowest BCUT2D eigenvalue weighted by Gasteiger charge is -2.24. The molecule has 4 rings (SSSR count). The van der Waals surface area contributed by atoms with Gasteiger partial charge in [-0.2, -0.15) is 0 Å². The lowest BCUT2D eigenvalue weighted by atomic mass is 10.1. The first-order chi connectivity index (χ1) is 18.3. The van der Waals surface area contributed by atoms with Crippen molar-refractivity contribution in [3.05, 3.63) is 82.8 Å². The summed E-state index contributed by atoms with van der Waals surface area (Å²) in [6.45, 7) is 2.41. The molecule has 1 aliphatic rings. The van der Waals surface area contributed by atoms with Crippen LogP contribution < -0.4 is 25.1 Å². The molecule has 1 saturated heterocycles. The van der Waals surface area contributed by atoms with Crippen LogP contribution in [0.4, 0.5) is 11.4 Å². The van der Waals surface area contributed by atoms with Crippen LogP contribution in [0.15, 0.2) is 77.3 Å². The van der Waals surface area contributed by atoms with Gasteiger partial charge in [0.25, 0.3) is 11.8 Å². The minimum Gasteiger partial charge on any atom is -0.497 e. The van der Waals surface area contributed by atoms with Crippen LogP contribution in [0.2, 0.25) is 0 Å². The van der Waals surface area contributed by atoms with Gasteiger partial charge in [0.2, 0.25) is 11.0 Å². The van der Waals surface area contributed by atoms with Gasteiger partial charge in [-0.25, -0.2) is 5.01 Å². The molecule has 1 unspecified atom stereocenters. The van der Waals surface area contributed by atoms with Gasteiger partial charge >= 0.3 is 0 Å². The van der Waals surface area contributed by atoms with Gasteiger partial charge < -0.3 is 14.8 Å². The second-order valence-corrected chi connectivity index (χ2v) is 9.48. The number of thiocarbonyl (C=S) groups is 1. The van der Waals surface area contributed by atoms with Gasteiger partial charge in [-0.3, -0.25) is 24.7 Å². The van der Waals surface area contributed by atoms with Gasteiger partial charge in [-0.1, -0.05) is 15.9 Å². The van der Waals surface area contributed by atoms with Crippen molar-refractivity contribution in [1.82, 2.24) is 10.4 Å². The molecule has 0 aromatic heterocycles. The largest absolute Gasteiger partial charge is 0.497 e. The highest BCUT2D eigenvalue weighted by Gasteiger charge is 2.45. The fraction of sp³-hybridized carbons (Fsp3) is 0.185. The molecule has 3 aromatic rings. The van der Waals surface area contributed by atoms with Gasteiger partial charge in [0.1, 0.15) is 17.5 Å². The minimum absolute atomic E-state index is 0.0458. The van der Waals surface area contributed by atoms with Crippen molar-refractivity contribution in [3.8, 4) is 11.5 Å². The third-order valence-electron chi connectivity index (χ3n) is 5.70. The number of anilines is 2. The Hall–Kier alpha value is -3.96. The number of hydrazine groups is 1. The Bertz CT molecular complexity index is 1330. The van der Waals surface area contributed by atoms with Gasteiger partial charge in [0.05, 0.1) is 25.8 Å². The van der Waals surface area contributed by atoms with E-state index in [1.807, 2.05) is 6.92 Å². The number of carbonyl (C=O) groups is 3. The molecule has 0 saturated carbocycles. The highest BCUT2D eigenvalue weighted by Crippen LogP contribution is 2.28. The lowest BCUT2D eigenvalue weighted by molar-refractivity contribution is -0.124. The van der Waals surface area contributed by atoms with Crippen molar-refractivity contribution in [2.45, 2.75) is 19.4 Å². The molecule has 38 heavy (non-hydrogen) atoms. The molecule has 196 valence electrons. The number of halogens is 1. The zero-order valence-electron chi connectivity index (χ0n) is 20.6. The maximum absolute atomic E-state index is 13.6. The van der Waals surface area contributed by atoms with Crippen LogP contribution in [0.5, 0.6) is 11.5 Å². The van der Waals surface area contributed by atoms with Crippen LogP contribution in [0, 0.1) is 0 Å². The zero-order valence-corrected chi connectivity index (χ0v) is 23.0. The number of benzene rings is 3. The van der Waals surface area contributed by atoms with Crippen LogP contribution in [-0.4, -0.2) is 47.6 Å². The van der Waals surface area contributed by atoms with E-state index in [4.69, 9.17) is 21.7 Å². The van der Waals surface area contributed by atoms with Crippen molar-refractivity contribution in [2.24, 2.45) is 0 Å². The van der Waals surface area contributed by atoms with Crippen LogP contribution >= 0.6 is 28.1 Å². The second kappa shape index (κ2) is 12.1. The van der Waals surface area contributed by atoms with E-state index in [0.29, 0.717) is 35.0 Å². The summed E-state index contributed by atoms with van der Waals surface area (Å²) >= 11 is 8.95. The predicted molar refractivity (Wildman–Crippen MR) is 151 cm³/mol. The smallest absolute Gasteiger partial charge is 0.269 e. The van der Waals surface area contributed by atoms with E-state index in [9.17, 15) is 14.4 Å². The van der Waals surface area contributed by atoms with Crippen molar-refractivity contribution in [3.63, 3.8) is 0 Å². The third kappa shape index (κ3) is 6.12. The topological polar surface area (TPSA) is 100 Å². The second-order valence-electron chi connectivity index (χ2n) is 8.20. The molecule has 2 N–H and O–H groups in total. The third-order valence-corrected chi connectivity index (χ3v) is 6.61. The Labute approximate surface area is 233 Å². The summed E-state index contributed by atoms with van der Waals surface area (Å²) < 4.78 is 11.4. The molecule has 11 heteroatoms. The number of hydrogen-bond donors (Lipinski definition) is 2. The molecular weight excluding hydrogens is 572 g/mol. The van der Waals surface area contributed by atoms with Crippen molar-refractivity contribution in [2.75, 3.05) is 23.9 Å². The summed E-state index contributed by atoms with van der Waals surface area (Å²) in [6, 6.07) is 19.3. The first-order valence-corrected chi connectivity index (χ1v) is 12.9. The summed E-state index contributed by atoms with van der Waals surface area (Å²) in [5.41, 5.74) is 4.11. The molecule has 1 heterocycles. The molecule has 1 aliphatic heterocycles. The van der Waals surface area contributed by atoms with Crippen LogP contribution in [0.3, 0.4) is 0 Å². The van der Waals surface area contributed by atoms with Crippen LogP contribution in [-0.2, 0) is 9.59 Å². The number of rotatable bonds is 9. The number of nitrogens with one attached hydrogen (secondary N) is 2. The molecule has 9 nitrogen and oxygen atoms in total. The van der Waals surface area contributed by atoms with Crippen molar-refractivity contribution < 1.29 is 23.9 Å². The summed E-state index contributed by atoms with van der Waals surface area (Å²) in [6.07, 6.45) is -0.251. The van der Waals surface area contributed by atoms with Gasteiger partial charge in [0.15, 0.2) is 0 Å². The zero-order chi connectivity index (χ0) is 27.2. The van der Waals surface area contributed by atoms with Crippen molar-refractivity contribution in [1.29, 1.82) is 0 Å². The number of nitrogens with zero attached hydrogens (tertiary/aromatic N) is 2. The number of ether oxygens (including phenoxy) is 2. The quantitative estimate of drug-likeness (QED) is 0.350. The Morgan fingerprint density at radius 1 is 0.974 bits per heavy atom. The number of amides is 3. The molecule has 1 atom stereocenters. The van der Waals surface area contributed by atoms with Gasteiger partial charge in [-0.15, -0.1) is 0 Å². The Kier molecular flexibility index (Phi) is 8.59. The van der Waals surface area contributed by atoms with Crippen molar-refractivity contribution >= 4 is 62.4 Å². The van der Waals surface area contributed by atoms with E-state index in [1.165, 1.54) is 9.91 Å². The maximum Gasteiger partial charge on any atom is 0.269 e. The van der Waals surface area contributed by atoms with E-state index in [2.05, 4.69) is 26.7 Å². The number of hydrogen-bond acceptors (Lipinski definition) is 6. The normalized spacial score (nSPS) is 14.9. The minimum atomic E-state index is -1.06.